The van der Waals surface area contributed by atoms with Crippen LogP contribution in [0, 0.1) is 11.8 Å². The van der Waals surface area contributed by atoms with Gasteiger partial charge in [0.05, 0.1) is 5.69 Å². The van der Waals surface area contributed by atoms with E-state index in [9.17, 15) is 5.11 Å². The van der Waals surface area contributed by atoms with Gasteiger partial charge in [-0.15, -0.1) is 0 Å². The number of ether oxygens (including phenoxy) is 1. The maximum Gasteiger partial charge on any atom is 0.166 e. The van der Waals surface area contributed by atoms with E-state index in [1.54, 1.807) is 0 Å². The van der Waals surface area contributed by atoms with E-state index in [0.717, 1.165) is 31.1 Å². The van der Waals surface area contributed by atoms with Crippen LogP contribution in [0.5, 0.6) is 11.5 Å². The van der Waals surface area contributed by atoms with E-state index >= 15 is 0 Å². The predicted octanol–water partition coefficient (Wildman–Crippen LogP) is 5.02. The molecule has 0 radical (unpaired) electrons. The first kappa shape index (κ1) is 17.1. The number of nitrogens with one attached hydrogen (secondary N) is 1. The molecular weight excluding hydrogens is 384 g/mol. The third-order valence-corrected chi connectivity index (χ3v) is 9.33. The third kappa shape index (κ3) is 1.93. The Morgan fingerprint density at radius 2 is 2.06 bits per heavy atom. The van der Waals surface area contributed by atoms with Gasteiger partial charge in [-0.3, -0.25) is 4.90 Å². The minimum Gasteiger partial charge on any atom is -0.504 e. The number of phenolic OH excluding ortho intramolecular Hbond substituents is 1. The number of para-hydroxylation sites is 1. The average Bonchev–Trinajstić information content (AvgIpc) is 3.40. The zero-order valence-electron chi connectivity index (χ0n) is 17.9. The summed E-state index contributed by atoms with van der Waals surface area (Å²) in [5, 5.41) is 12.1. The molecule has 5 atom stereocenters. The molecule has 158 valence electrons. The van der Waals surface area contributed by atoms with Crippen molar-refractivity contribution >= 4 is 10.9 Å². The van der Waals surface area contributed by atoms with Crippen LogP contribution < -0.4 is 4.74 Å². The van der Waals surface area contributed by atoms with E-state index < -0.39 is 0 Å². The van der Waals surface area contributed by atoms with Crippen molar-refractivity contribution < 1.29 is 9.84 Å². The first-order chi connectivity index (χ1) is 15.2. The largest absolute Gasteiger partial charge is 0.504 e. The summed E-state index contributed by atoms with van der Waals surface area (Å²) in [6.07, 6.45) is 4.99. The van der Waals surface area contributed by atoms with Gasteiger partial charge in [0.1, 0.15) is 6.10 Å². The van der Waals surface area contributed by atoms with Gasteiger partial charge in [0.25, 0.3) is 0 Å². The highest BCUT2D eigenvalue weighted by molar-refractivity contribution is 5.86. The molecule has 1 unspecified atom stereocenters. The number of fused-ring (bicyclic) bond motifs is 4. The molecule has 0 amide bonds. The molecule has 8 rings (SSSR count). The number of rotatable bonds is 2. The van der Waals surface area contributed by atoms with Crippen molar-refractivity contribution in [2.24, 2.45) is 11.8 Å². The summed E-state index contributed by atoms with van der Waals surface area (Å²) < 4.78 is 6.74. The topological polar surface area (TPSA) is 48.5 Å². The lowest BCUT2D eigenvalue weighted by Crippen LogP contribution is -2.64. The van der Waals surface area contributed by atoms with E-state index in [-0.39, 0.29) is 11.5 Å². The number of H-pyrrole nitrogens is 1. The van der Waals surface area contributed by atoms with Gasteiger partial charge in [0, 0.05) is 34.5 Å². The van der Waals surface area contributed by atoms with Crippen molar-refractivity contribution in [3.8, 4) is 11.5 Å². The van der Waals surface area contributed by atoms with Crippen molar-refractivity contribution in [3.05, 3.63) is 58.8 Å². The SMILES string of the molecule is CC1c2c([nH]c3ccccc23)[C@H]2Oc3c(O)ccc4c3[C@@]23CCN(CC2CC2)[C@H](C4)[C@H]13. The van der Waals surface area contributed by atoms with Gasteiger partial charge in [-0.05, 0) is 73.2 Å². The van der Waals surface area contributed by atoms with Crippen LogP contribution in [0.3, 0.4) is 0 Å². The molecule has 2 aliphatic heterocycles. The number of likely N-dealkylation sites (tertiary alicyclic amines) is 1. The fraction of sp³-hybridized carbons (Fsp3) is 0.481. The molecule has 2 bridgehead atoms. The summed E-state index contributed by atoms with van der Waals surface area (Å²) in [5.41, 5.74) is 6.63. The summed E-state index contributed by atoms with van der Waals surface area (Å²) >= 11 is 0. The smallest absolute Gasteiger partial charge is 0.166 e. The highest BCUT2D eigenvalue weighted by atomic mass is 16.5. The van der Waals surface area contributed by atoms with Gasteiger partial charge in [-0.1, -0.05) is 31.2 Å². The maximum absolute atomic E-state index is 10.8. The number of aromatic hydroxyl groups is 1. The summed E-state index contributed by atoms with van der Waals surface area (Å²) in [7, 11) is 0. The average molecular weight is 413 g/mol. The van der Waals surface area contributed by atoms with Crippen molar-refractivity contribution in [1.29, 1.82) is 0 Å². The Hall–Kier alpha value is -2.46. The number of piperidine rings is 1. The summed E-state index contributed by atoms with van der Waals surface area (Å²) in [6, 6.07) is 13.3. The summed E-state index contributed by atoms with van der Waals surface area (Å²) in [5.74, 6) is 2.96. The molecule has 2 aromatic carbocycles. The van der Waals surface area contributed by atoms with E-state index in [0.29, 0.717) is 23.6 Å². The van der Waals surface area contributed by atoms with Gasteiger partial charge in [0.2, 0.25) is 0 Å². The number of hydrogen-bond donors (Lipinski definition) is 2. The standard InChI is InChI=1S/C27H28N2O2/c1-14-21-17-4-2-3-5-18(17)28-24(21)26-27-10-11-29(13-15-6-7-15)19(22(14)27)12-16-8-9-20(30)25(31-26)23(16)27/h2-5,8-9,14-15,19,22,26,28,30H,6-7,10-13H2,1H3/t14?,19-,22+,26-,27+/m1/s1. The Bertz CT molecular complexity index is 1260. The van der Waals surface area contributed by atoms with Crippen molar-refractivity contribution in [1.82, 2.24) is 9.88 Å². The molecule has 2 fully saturated rings. The van der Waals surface area contributed by atoms with E-state index in [1.165, 1.54) is 52.7 Å². The molecule has 31 heavy (non-hydrogen) atoms. The second-order valence-electron chi connectivity index (χ2n) is 10.8. The molecule has 3 aromatic rings. The molecule has 1 aromatic heterocycles. The van der Waals surface area contributed by atoms with Crippen LogP contribution in [0.2, 0.25) is 0 Å². The number of hydrogen-bond acceptors (Lipinski definition) is 3. The number of benzene rings is 2. The normalized spacial score (nSPS) is 35.0. The fourth-order valence-corrected chi connectivity index (χ4v) is 8.09. The minimum atomic E-state index is -0.0281. The van der Waals surface area contributed by atoms with Gasteiger partial charge >= 0.3 is 0 Å². The van der Waals surface area contributed by atoms with Gasteiger partial charge in [-0.25, -0.2) is 0 Å². The minimum absolute atomic E-state index is 0.0241. The molecular formula is C27H28N2O2. The van der Waals surface area contributed by atoms with E-state index in [4.69, 9.17) is 4.74 Å². The Kier molecular flexibility index (Phi) is 3.03. The zero-order chi connectivity index (χ0) is 20.5. The molecule has 3 aliphatic carbocycles. The molecule has 4 heteroatoms. The Labute approximate surface area is 182 Å². The number of aromatic nitrogens is 1. The van der Waals surface area contributed by atoms with Gasteiger partial charge in [0.15, 0.2) is 11.5 Å². The van der Waals surface area contributed by atoms with Gasteiger partial charge < -0.3 is 14.8 Å². The van der Waals surface area contributed by atoms with Crippen LogP contribution in [0.4, 0.5) is 0 Å². The maximum atomic E-state index is 10.8. The Balaban J connectivity index is 1.42. The molecule has 3 heterocycles. The highest BCUT2D eigenvalue weighted by Crippen LogP contribution is 2.70. The van der Waals surface area contributed by atoms with E-state index in [1.807, 2.05) is 6.07 Å². The monoisotopic (exact) mass is 412 g/mol. The zero-order valence-corrected chi connectivity index (χ0v) is 17.9. The molecule has 5 aliphatic rings. The second kappa shape index (κ2) is 5.47. The number of nitrogens with zero attached hydrogens (tertiary/aromatic N) is 1. The second-order valence-corrected chi connectivity index (χ2v) is 10.8. The predicted molar refractivity (Wildman–Crippen MR) is 120 cm³/mol. The molecule has 1 saturated carbocycles. The fourth-order valence-electron chi connectivity index (χ4n) is 8.09. The first-order valence-corrected chi connectivity index (χ1v) is 12.0. The van der Waals surface area contributed by atoms with Crippen molar-refractivity contribution in [3.63, 3.8) is 0 Å². The van der Waals surface area contributed by atoms with Crippen LogP contribution >= 0.6 is 0 Å². The molecule has 1 spiro atoms. The number of phenols is 1. The summed E-state index contributed by atoms with van der Waals surface area (Å²) in [6.45, 7) is 4.87. The van der Waals surface area contributed by atoms with Crippen LogP contribution in [-0.4, -0.2) is 34.1 Å². The molecule has 1 saturated heterocycles. The van der Waals surface area contributed by atoms with E-state index in [2.05, 4.69) is 47.1 Å². The lowest BCUT2D eigenvalue weighted by Gasteiger charge is -2.60. The van der Waals surface area contributed by atoms with Crippen LogP contribution in [0.25, 0.3) is 10.9 Å². The molecule has 2 N–H and O–H groups in total. The quantitative estimate of drug-likeness (QED) is 0.621. The highest BCUT2D eigenvalue weighted by Gasteiger charge is 2.67. The van der Waals surface area contributed by atoms with Gasteiger partial charge in [-0.2, -0.15) is 0 Å². The Morgan fingerprint density at radius 3 is 2.94 bits per heavy atom. The van der Waals surface area contributed by atoms with Crippen LogP contribution in [0.15, 0.2) is 36.4 Å². The molecule has 4 nitrogen and oxygen atoms in total. The summed E-state index contributed by atoms with van der Waals surface area (Å²) in [4.78, 5) is 6.60. The lowest BCUT2D eigenvalue weighted by atomic mass is 9.49. The number of aromatic amines is 1. The van der Waals surface area contributed by atoms with Crippen molar-refractivity contribution in [2.75, 3.05) is 13.1 Å². The third-order valence-electron chi connectivity index (χ3n) is 9.33. The van der Waals surface area contributed by atoms with Crippen LogP contribution in [0.1, 0.15) is 60.6 Å². The first-order valence-electron chi connectivity index (χ1n) is 12.0. The lowest BCUT2D eigenvalue weighted by molar-refractivity contribution is -0.0480. The van der Waals surface area contributed by atoms with Crippen molar-refractivity contribution in [2.45, 2.75) is 56.1 Å². The Morgan fingerprint density at radius 1 is 1.19 bits per heavy atom. The van der Waals surface area contributed by atoms with Crippen LogP contribution in [-0.2, 0) is 11.8 Å².